The fourth-order valence-electron chi connectivity index (χ4n) is 6.28. The first-order chi connectivity index (χ1) is 21.1. The van der Waals surface area contributed by atoms with Crippen molar-refractivity contribution < 1.29 is 23.6 Å². The van der Waals surface area contributed by atoms with Crippen LogP contribution in [-0.4, -0.2) is 125 Å². The Kier molecular flexibility index (Phi) is 10.7. The van der Waals surface area contributed by atoms with Crippen LogP contribution in [0.25, 0.3) is 5.69 Å². The van der Waals surface area contributed by atoms with Gasteiger partial charge in [0.05, 0.1) is 29.4 Å². The number of rotatable bonds is 11. The Morgan fingerprint density at radius 3 is 2.48 bits per heavy atom. The summed E-state index contributed by atoms with van der Waals surface area (Å²) in [7, 11) is -2.01. The lowest BCUT2D eigenvalue weighted by molar-refractivity contribution is -0.149. The predicted octanol–water partition coefficient (Wildman–Crippen LogP) is 3.01. The van der Waals surface area contributed by atoms with Crippen molar-refractivity contribution in [2.24, 2.45) is 0 Å². The zero-order valence-electron chi connectivity index (χ0n) is 26.4. The molecule has 1 N–H and O–H groups in total. The number of carbonyl (C=O) groups is 2. The van der Waals surface area contributed by atoms with E-state index >= 15 is 0 Å². The van der Waals surface area contributed by atoms with E-state index in [0.717, 1.165) is 49.1 Å². The molecule has 4 heterocycles. The fourth-order valence-corrected chi connectivity index (χ4v) is 9.76. The lowest BCUT2D eigenvalue weighted by atomic mass is 10.1. The minimum absolute atomic E-state index is 0.00564. The van der Waals surface area contributed by atoms with Crippen LogP contribution >= 0.6 is 19.2 Å². The molecular formula is C30H46N7O5PS. The van der Waals surface area contributed by atoms with Crippen LogP contribution in [0.4, 0.5) is 5.82 Å². The Labute approximate surface area is 264 Å². The molecule has 12 nitrogen and oxygen atoms in total. The Morgan fingerprint density at radius 2 is 1.84 bits per heavy atom. The molecule has 14 heteroatoms. The van der Waals surface area contributed by atoms with Gasteiger partial charge in [-0.15, -0.1) is 11.8 Å². The smallest absolute Gasteiger partial charge is 0.323 e. The van der Waals surface area contributed by atoms with Gasteiger partial charge in [-0.3, -0.25) is 19.1 Å². The molecule has 1 aromatic heterocycles. The van der Waals surface area contributed by atoms with Crippen molar-refractivity contribution in [1.29, 1.82) is 0 Å². The first kappa shape index (κ1) is 33.0. The summed E-state index contributed by atoms with van der Waals surface area (Å²) in [6, 6.07) is 10.9. The first-order valence-corrected chi connectivity index (χ1v) is 18.4. The number of anilines is 1. The van der Waals surface area contributed by atoms with Gasteiger partial charge in [0.1, 0.15) is 18.2 Å². The van der Waals surface area contributed by atoms with Crippen LogP contribution in [0.1, 0.15) is 32.9 Å². The molecule has 242 valence electrons. The van der Waals surface area contributed by atoms with Gasteiger partial charge in [0.15, 0.2) is 0 Å². The number of amides is 1. The molecule has 1 amide bonds. The third-order valence-corrected chi connectivity index (χ3v) is 12.0. The normalized spacial score (nSPS) is 23.7. The Balaban J connectivity index is 1.33. The van der Waals surface area contributed by atoms with Gasteiger partial charge in [-0.05, 0) is 46.2 Å². The van der Waals surface area contributed by atoms with Crippen LogP contribution in [-0.2, 0) is 23.6 Å². The number of piperazine rings is 1. The Morgan fingerprint density at radius 1 is 1.11 bits per heavy atom. The average molecular weight is 648 g/mol. The number of hydrogen-bond donors (Lipinski definition) is 1. The molecule has 1 aromatic carbocycles. The second-order valence-corrected chi connectivity index (χ2v) is 15.5. The summed E-state index contributed by atoms with van der Waals surface area (Å²) in [5, 5.41) is 7.82. The van der Waals surface area contributed by atoms with Crippen LogP contribution in [0.5, 0.6) is 0 Å². The quantitative estimate of drug-likeness (QED) is 0.287. The highest BCUT2D eigenvalue weighted by atomic mass is 32.2. The molecule has 2 aromatic rings. The number of aromatic nitrogens is 2. The van der Waals surface area contributed by atoms with Crippen molar-refractivity contribution >= 4 is 36.9 Å². The summed E-state index contributed by atoms with van der Waals surface area (Å²) in [5.74, 6) is 2.12. The number of para-hydroxylation sites is 1. The zero-order valence-corrected chi connectivity index (χ0v) is 28.1. The summed E-state index contributed by atoms with van der Waals surface area (Å²) in [6.45, 7) is 11.6. The fraction of sp³-hybridized carbons (Fsp3) is 0.633. The second kappa shape index (κ2) is 14.3. The van der Waals surface area contributed by atoms with Crippen molar-refractivity contribution in [1.82, 2.24) is 29.3 Å². The van der Waals surface area contributed by atoms with E-state index in [4.69, 9.17) is 14.6 Å². The first-order valence-electron chi connectivity index (χ1n) is 15.4. The summed E-state index contributed by atoms with van der Waals surface area (Å²) >= 11 is 1.73. The largest absolute Gasteiger partial charge is 0.462 e. The van der Waals surface area contributed by atoms with Crippen LogP contribution < -0.4 is 9.99 Å². The lowest BCUT2D eigenvalue weighted by Crippen LogP contribution is -2.51. The number of nitrogens with one attached hydrogen (secondary N) is 1. The Bertz CT molecular complexity index is 1330. The molecule has 3 aliphatic rings. The monoisotopic (exact) mass is 647 g/mol. The van der Waals surface area contributed by atoms with Gasteiger partial charge in [-0.25, -0.2) is 14.4 Å². The number of carbonyl (C=O) groups excluding carboxylic acids is 2. The van der Waals surface area contributed by atoms with E-state index in [1.807, 2.05) is 39.4 Å². The minimum atomic E-state index is -3.50. The van der Waals surface area contributed by atoms with E-state index in [0.29, 0.717) is 25.4 Å². The van der Waals surface area contributed by atoms with Crippen molar-refractivity contribution in [3.63, 3.8) is 0 Å². The number of esters is 1. The summed E-state index contributed by atoms with van der Waals surface area (Å²) in [4.78, 5) is 33.2. The van der Waals surface area contributed by atoms with Gasteiger partial charge in [0.2, 0.25) is 13.4 Å². The van der Waals surface area contributed by atoms with Gasteiger partial charge < -0.3 is 19.3 Å². The number of methoxy groups -OCH3 is 1. The molecule has 3 aliphatic heterocycles. The van der Waals surface area contributed by atoms with E-state index in [1.54, 1.807) is 32.5 Å². The molecule has 0 radical (unpaired) electrons. The highest BCUT2D eigenvalue weighted by Crippen LogP contribution is 2.51. The number of aryl methyl sites for hydroxylation is 1. The maximum Gasteiger partial charge on any atom is 0.323 e. The number of benzene rings is 1. The van der Waals surface area contributed by atoms with Crippen LogP contribution in [0, 0.1) is 6.92 Å². The lowest BCUT2D eigenvalue weighted by Gasteiger charge is -2.39. The maximum atomic E-state index is 14.7. The van der Waals surface area contributed by atoms with Gasteiger partial charge in [0.25, 0.3) is 0 Å². The van der Waals surface area contributed by atoms with E-state index in [9.17, 15) is 14.2 Å². The molecule has 4 atom stereocenters. The van der Waals surface area contributed by atoms with Gasteiger partial charge in [0, 0.05) is 64.2 Å². The molecule has 0 aliphatic carbocycles. The molecule has 44 heavy (non-hydrogen) atoms. The van der Waals surface area contributed by atoms with E-state index in [-0.39, 0.29) is 24.4 Å². The molecule has 3 saturated heterocycles. The third kappa shape index (κ3) is 7.35. The highest BCUT2D eigenvalue weighted by Gasteiger charge is 2.50. The van der Waals surface area contributed by atoms with Crippen molar-refractivity contribution in [3.8, 4) is 5.69 Å². The molecule has 0 spiro atoms. The molecule has 0 saturated carbocycles. The third-order valence-electron chi connectivity index (χ3n) is 8.39. The van der Waals surface area contributed by atoms with Crippen molar-refractivity contribution in [3.05, 3.63) is 42.1 Å². The van der Waals surface area contributed by atoms with Crippen LogP contribution in [0.3, 0.4) is 0 Å². The maximum absolute atomic E-state index is 14.7. The van der Waals surface area contributed by atoms with Gasteiger partial charge >= 0.3 is 5.97 Å². The van der Waals surface area contributed by atoms with E-state index < -0.39 is 25.5 Å². The molecule has 0 bridgehead atoms. The predicted molar refractivity (Wildman–Crippen MR) is 173 cm³/mol. The van der Waals surface area contributed by atoms with E-state index in [1.165, 1.54) is 7.11 Å². The molecule has 1 unspecified atom stereocenters. The van der Waals surface area contributed by atoms with Gasteiger partial charge in [-0.2, -0.15) is 5.10 Å². The minimum Gasteiger partial charge on any atom is -0.462 e. The topological polar surface area (TPSA) is 112 Å². The van der Waals surface area contributed by atoms with Gasteiger partial charge in [-0.1, -0.05) is 18.2 Å². The molecular weight excluding hydrogens is 601 g/mol. The average Bonchev–Trinajstić information content (AvgIpc) is 3.78. The number of ether oxygens (including phenoxy) is 2. The SMILES string of the molecule is COCP(=O)(N[C@@H](C)C(=O)OC(C)C)N1C[C@@H](N2CCN(c3cc(C)nn3-c3ccccc3)CC2)C[C@H]1C(=O)N1CCSC1. The number of nitrogens with zero attached hydrogens (tertiary/aromatic N) is 6. The summed E-state index contributed by atoms with van der Waals surface area (Å²) < 4.78 is 29.3. The summed E-state index contributed by atoms with van der Waals surface area (Å²) in [6.07, 6.45) is 0.163. The van der Waals surface area contributed by atoms with Crippen LogP contribution in [0.2, 0.25) is 0 Å². The summed E-state index contributed by atoms with van der Waals surface area (Å²) in [5.41, 5.74) is 1.99. The molecule has 3 fully saturated rings. The number of hydrogen-bond acceptors (Lipinski definition) is 9. The standard InChI is InChI=1S/C30H46N7O5PS/c1-22(2)42-30(39)24(4)32-43(40,21-41-5)36-19-26(18-27(36)29(38)35-15-16-44-20-35)33-11-13-34(14-12-33)28-17-23(3)31-37(28)25-9-7-6-8-10-25/h6-10,17,22,24,26-27H,11-16,18-21H2,1-5H3,(H,32,40)/t24-,26-,27-,43?/m0/s1. The van der Waals surface area contributed by atoms with Crippen LogP contribution in [0.15, 0.2) is 36.4 Å². The van der Waals surface area contributed by atoms with Crippen molar-refractivity contribution in [2.45, 2.75) is 58.3 Å². The zero-order chi connectivity index (χ0) is 31.4. The Hall–Kier alpha value is -2.41. The second-order valence-electron chi connectivity index (χ2n) is 12.0. The number of thioether (sulfide) groups is 1. The molecule has 5 rings (SSSR count). The van der Waals surface area contributed by atoms with E-state index in [2.05, 4.69) is 33.1 Å². The highest BCUT2D eigenvalue weighted by molar-refractivity contribution is 7.99. The van der Waals surface area contributed by atoms with Crippen molar-refractivity contribution in [2.75, 3.05) is 69.3 Å².